The molecule has 0 spiro atoms. The summed E-state index contributed by atoms with van der Waals surface area (Å²) in [6.07, 6.45) is 1.78. The van der Waals surface area contributed by atoms with Gasteiger partial charge in [0.15, 0.2) is 0 Å². The number of nitro benzene ring substituents is 1. The van der Waals surface area contributed by atoms with Crippen molar-refractivity contribution in [3.8, 4) is 0 Å². The molecule has 0 radical (unpaired) electrons. The fourth-order valence-electron chi connectivity index (χ4n) is 1.82. The maximum Gasteiger partial charge on any atom is 0.269 e. The number of benzene rings is 1. The molecule has 1 heterocycles. The molecule has 2 aromatic rings. The number of aryl methyl sites for hydroxylation is 1. The van der Waals surface area contributed by atoms with E-state index in [-0.39, 0.29) is 5.69 Å². The van der Waals surface area contributed by atoms with Gasteiger partial charge in [-0.2, -0.15) is 0 Å². The van der Waals surface area contributed by atoms with E-state index in [0.717, 1.165) is 11.3 Å². The van der Waals surface area contributed by atoms with Gasteiger partial charge < -0.3 is 4.57 Å². The van der Waals surface area contributed by atoms with Gasteiger partial charge >= 0.3 is 0 Å². The third-order valence-corrected chi connectivity index (χ3v) is 3.23. The van der Waals surface area contributed by atoms with E-state index in [1.165, 1.54) is 17.8 Å². The summed E-state index contributed by atoms with van der Waals surface area (Å²) >= 11 is 0. The number of hydrogen-bond donors (Lipinski definition) is 0. The van der Waals surface area contributed by atoms with Crippen LogP contribution >= 0.6 is 0 Å². The number of hydrogen-bond acceptors (Lipinski definition) is 3. The van der Waals surface area contributed by atoms with Gasteiger partial charge in [-0.25, -0.2) is 0 Å². The number of nitrogens with zero attached hydrogens (tertiary/aromatic N) is 3. The molecule has 2 rings (SSSR count). The molecule has 0 bridgehead atoms. The Labute approximate surface area is 111 Å². The van der Waals surface area contributed by atoms with Gasteiger partial charge in [0, 0.05) is 42.3 Å². The zero-order valence-electron chi connectivity index (χ0n) is 11.1. The van der Waals surface area contributed by atoms with Crippen LogP contribution in [-0.2, 0) is 7.05 Å². The van der Waals surface area contributed by atoms with Crippen LogP contribution in [0.4, 0.5) is 11.4 Å². The molecule has 0 atom stereocenters. The summed E-state index contributed by atoms with van der Waals surface area (Å²) in [6.45, 7) is 4.07. The van der Waals surface area contributed by atoms with Gasteiger partial charge in [-0.05, 0) is 32.0 Å². The fourth-order valence-corrected chi connectivity index (χ4v) is 1.82. The van der Waals surface area contributed by atoms with Crippen LogP contribution in [0.5, 0.6) is 0 Å². The highest BCUT2D eigenvalue weighted by atomic mass is 16.6. The molecule has 5 heteroatoms. The van der Waals surface area contributed by atoms with E-state index in [1.54, 1.807) is 18.3 Å². The van der Waals surface area contributed by atoms with Crippen LogP contribution in [0.2, 0.25) is 0 Å². The SMILES string of the molecule is Cc1cc(C=Nc2ccc([N+](=O)[O-])cc2)c(C)n1C. The maximum absolute atomic E-state index is 10.5. The van der Waals surface area contributed by atoms with Gasteiger partial charge in [0.05, 0.1) is 10.6 Å². The van der Waals surface area contributed by atoms with Gasteiger partial charge in [0.25, 0.3) is 5.69 Å². The van der Waals surface area contributed by atoms with Crippen molar-refractivity contribution >= 4 is 17.6 Å². The first-order valence-electron chi connectivity index (χ1n) is 5.90. The van der Waals surface area contributed by atoms with Crippen molar-refractivity contribution in [1.29, 1.82) is 0 Å². The summed E-state index contributed by atoms with van der Waals surface area (Å²) in [5.74, 6) is 0. The van der Waals surface area contributed by atoms with Crippen molar-refractivity contribution in [2.75, 3.05) is 0 Å². The average molecular weight is 257 g/mol. The first kappa shape index (κ1) is 13.0. The summed E-state index contributed by atoms with van der Waals surface area (Å²) in [7, 11) is 2.01. The number of non-ortho nitro benzene ring substituents is 1. The van der Waals surface area contributed by atoms with Crippen molar-refractivity contribution in [2.24, 2.45) is 12.0 Å². The Morgan fingerprint density at radius 1 is 1.26 bits per heavy atom. The molecule has 98 valence electrons. The summed E-state index contributed by atoms with van der Waals surface area (Å²) < 4.78 is 2.09. The van der Waals surface area contributed by atoms with Gasteiger partial charge in [-0.3, -0.25) is 15.1 Å². The zero-order chi connectivity index (χ0) is 14.0. The van der Waals surface area contributed by atoms with Crippen molar-refractivity contribution < 1.29 is 4.92 Å². The normalized spacial score (nSPS) is 11.1. The highest BCUT2D eigenvalue weighted by molar-refractivity contribution is 5.83. The van der Waals surface area contributed by atoms with Crippen molar-refractivity contribution in [3.05, 3.63) is 57.4 Å². The molecular weight excluding hydrogens is 242 g/mol. The smallest absolute Gasteiger partial charge is 0.269 e. The highest BCUT2D eigenvalue weighted by Gasteiger charge is 2.04. The second-order valence-corrected chi connectivity index (χ2v) is 4.42. The Bertz CT molecular complexity index is 639. The molecule has 0 amide bonds. The Hall–Kier alpha value is -2.43. The van der Waals surface area contributed by atoms with E-state index in [0.29, 0.717) is 5.69 Å². The lowest BCUT2D eigenvalue weighted by atomic mass is 10.2. The minimum absolute atomic E-state index is 0.0747. The van der Waals surface area contributed by atoms with Crippen LogP contribution in [0.1, 0.15) is 17.0 Å². The van der Waals surface area contributed by atoms with Gasteiger partial charge in [-0.1, -0.05) is 0 Å². The van der Waals surface area contributed by atoms with Crippen LogP contribution in [-0.4, -0.2) is 15.7 Å². The number of aromatic nitrogens is 1. The largest absolute Gasteiger partial charge is 0.352 e. The van der Waals surface area contributed by atoms with Crippen molar-refractivity contribution in [3.63, 3.8) is 0 Å². The molecule has 0 unspecified atom stereocenters. The van der Waals surface area contributed by atoms with Crippen LogP contribution < -0.4 is 0 Å². The van der Waals surface area contributed by atoms with E-state index in [2.05, 4.69) is 15.6 Å². The van der Waals surface area contributed by atoms with Crippen LogP contribution in [0, 0.1) is 24.0 Å². The van der Waals surface area contributed by atoms with E-state index in [9.17, 15) is 10.1 Å². The minimum Gasteiger partial charge on any atom is -0.352 e. The number of aliphatic imine (C=N–C) groups is 1. The third kappa shape index (κ3) is 2.70. The summed E-state index contributed by atoms with van der Waals surface area (Å²) in [4.78, 5) is 14.5. The number of rotatable bonds is 3. The molecule has 0 N–H and O–H groups in total. The zero-order valence-corrected chi connectivity index (χ0v) is 11.1. The van der Waals surface area contributed by atoms with Crippen LogP contribution in [0.25, 0.3) is 0 Å². The number of nitro groups is 1. The van der Waals surface area contributed by atoms with E-state index >= 15 is 0 Å². The first-order valence-corrected chi connectivity index (χ1v) is 5.90. The lowest BCUT2D eigenvalue weighted by Crippen LogP contribution is -1.93. The van der Waals surface area contributed by atoms with Gasteiger partial charge in [-0.15, -0.1) is 0 Å². The maximum atomic E-state index is 10.5. The lowest BCUT2D eigenvalue weighted by Gasteiger charge is -1.98. The van der Waals surface area contributed by atoms with E-state index < -0.39 is 4.92 Å². The minimum atomic E-state index is -0.418. The Morgan fingerprint density at radius 3 is 2.37 bits per heavy atom. The molecule has 1 aromatic carbocycles. The van der Waals surface area contributed by atoms with Gasteiger partial charge in [0.1, 0.15) is 0 Å². The van der Waals surface area contributed by atoms with Crippen LogP contribution in [0.15, 0.2) is 35.3 Å². The second kappa shape index (κ2) is 5.06. The third-order valence-electron chi connectivity index (χ3n) is 3.23. The molecule has 0 saturated carbocycles. The second-order valence-electron chi connectivity index (χ2n) is 4.42. The molecule has 1 aromatic heterocycles. The van der Waals surface area contributed by atoms with Crippen LogP contribution in [0.3, 0.4) is 0 Å². The topological polar surface area (TPSA) is 60.4 Å². The molecule has 0 aliphatic carbocycles. The average Bonchev–Trinajstić information content (AvgIpc) is 2.64. The molecule has 0 fully saturated rings. The summed E-state index contributed by atoms with van der Waals surface area (Å²) in [6, 6.07) is 8.25. The lowest BCUT2D eigenvalue weighted by molar-refractivity contribution is -0.384. The Balaban J connectivity index is 2.22. The molecule has 0 aliphatic heterocycles. The first-order chi connectivity index (χ1) is 8.99. The monoisotopic (exact) mass is 257 g/mol. The molecule has 0 aliphatic rings. The molecule has 5 nitrogen and oxygen atoms in total. The van der Waals surface area contributed by atoms with Crippen molar-refractivity contribution in [2.45, 2.75) is 13.8 Å². The van der Waals surface area contributed by atoms with Gasteiger partial charge in [0.2, 0.25) is 0 Å². The molecular formula is C14H15N3O2. The summed E-state index contributed by atoms with van der Waals surface area (Å²) in [5, 5.41) is 10.5. The van der Waals surface area contributed by atoms with E-state index in [1.807, 2.05) is 20.9 Å². The summed E-state index contributed by atoms with van der Waals surface area (Å²) in [5.41, 5.74) is 4.14. The predicted molar refractivity (Wildman–Crippen MR) is 75.2 cm³/mol. The Kier molecular flexibility index (Phi) is 3.46. The fraction of sp³-hybridized carbons (Fsp3) is 0.214. The molecule has 19 heavy (non-hydrogen) atoms. The quantitative estimate of drug-likeness (QED) is 0.481. The standard InChI is InChI=1S/C14H15N3O2/c1-10-8-12(11(2)16(10)3)9-15-13-4-6-14(7-5-13)17(18)19/h4-9H,1-3H3. The van der Waals surface area contributed by atoms with Crippen molar-refractivity contribution in [1.82, 2.24) is 4.57 Å². The van der Waals surface area contributed by atoms with E-state index in [4.69, 9.17) is 0 Å². The Morgan fingerprint density at radius 2 is 1.89 bits per heavy atom. The molecule has 0 saturated heterocycles. The predicted octanol–water partition coefficient (Wildman–Crippen LogP) is 3.30. The highest BCUT2D eigenvalue weighted by Crippen LogP contribution is 2.18.